The Kier molecular flexibility index (Phi) is 6.19. The molecule has 7 atom stereocenters. The third kappa shape index (κ3) is 3.38. The van der Waals surface area contributed by atoms with E-state index in [9.17, 15) is 14.4 Å². The molecule has 5 aliphatic carbocycles. The summed E-state index contributed by atoms with van der Waals surface area (Å²) >= 11 is 0. The summed E-state index contributed by atoms with van der Waals surface area (Å²) in [6.07, 6.45) is 9.18. The van der Waals surface area contributed by atoms with Gasteiger partial charge >= 0.3 is 11.9 Å². The second kappa shape index (κ2) is 8.43. The van der Waals surface area contributed by atoms with Crippen molar-refractivity contribution in [2.24, 2.45) is 44.3 Å². The minimum Gasteiger partial charge on any atom is -0.468 e. The van der Waals surface area contributed by atoms with E-state index in [1.165, 1.54) is 19.6 Å². The Bertz CT molecular complexity index is 1100. The third-order valence-corrected chi connectivity index (χ3v) is 13.3. The van der Waals surface area contributed by atoms with Crippen LogP contribution in [0.4, 0.5) is 0 Å². The molecule has 0 bridgehead atoms. The highest BCUT2D eigenvalue weighted by molar-refractivity contribution is 6.07. The highest BCUT2D eigenvalue weighted by Crippen LogP contribution is 2.75. The molecular weight excluding hydrogens is 476 g/mol. The van der Waals surface area contributed by atoms with Gasteiger partial charge in [-0.25, -0.2) is 0 Å². The highest BCUT2D eigenvalue weighted by atomic mass is 16.5. The second-order valence-electron chi connectivity index (χ2n) is 15.5. The lowest BCUT2D eigenvalue weighted by atomic mass is 9.34. The van der Waals surface area contributed by atoms with Crippen molar-refractivity contribution < 1.29 is 23.9 Å². The molecule has 0 heterocycles. The monoisotopic (exact) mass is 526 g/mol. The van der Waals surface area contributed by atoms with Crippen LogP contribution in [-0.4, -0.2) is 30.9 Å². The summed E-state index contributed by atoms with van der Waals surface area (Å²) in [6.45, 7) is 17.7. The zero-order valence-electron chi connectivity index (χ0n) is 25.3. The molecule has 7 unspecified atom stereocenters. The van der Waals surface area contributed by atoms with E-state index in [1.807, 2.05) is 0 Å². The van der Waals surface area contributed by atoms with E-state index in [4.69, 9.17) is 9.47 Å². The van der Waals surface area contributed by atoms with E-state index in [2.05, 4.69) is 48.5 Å². The first kappa shape index (κ1) is 27.9. The first-order valence-corrected chi connectivity index (χ1v) is 15.1. The van der Waals surface area contributed by atoms with Crippen LogP contribution in [0.25, 0.3) is 0 Å². The zero-order valence-corrected chi connectivity index (χ0v) is 25.3. The molecule has 0 aromatic heterocycles. The van der Waals surface area contributed by atoms with Gasteiger partial charge in [-0.15, -0.1) is 0 Å². The van der Waals surface area contributed by atoms with Crippen molar-refractivity contribution in [1.29, 1.82) is 0 Å². The lowest BCUT2D eigenvalue weighted by Crippen LogP contribution is -2.65. The van der Waals surface area contributed by atoms with Crippen molar-refractivity contribution in [3.05, 3.63) is 11.1 Å². The maximum Gasteiger partial charge on any atom is 0.316 e. The number of esters is 2. The number of ether oxygens (including phenoxy) is 2. The van der Waals surface area contributed by atoms with Gasteiger partial charge in [0.1, 0.15) is 6.10 Å². The third-order valence-electron chi connectivity index (χ3n) is 13.3. The smallest absolute Gasteiger partial charge is 0.316 e. The zero-order chi connectivity index (χ0) is 28.1. The molecule has 5 heteroatoms. The summed E-state index contributed by atoms with van der Waals surface area (Å²) in [5, 5.41) is 0. The van der Waals surface area contributed by atoms with E-state index < -0.39 is 10.8 Å². The maximum atomic E-state index is 14.2. The summed E-state index contributed by atoms with van der Waals surface area (Å²) in [5.74, 6) is 0.805. The first-order chi connectivity index (χ1) is 17.5. The first-order valence-electron chi connectivity index (χ1n) is 15.1. The number of Topliss-reactive ketones (excluding diaryl/α,β-unsaturated/α-hetero) is 1. The van der Waals surface area contributed by atoms with Gasteiger partial charge in [-0.1, -0.05) is 54.0 Å². The average molecular weight is 527 g/mol. The van der Waals surface area contributed by atoms with Crippen molar-refractivity contribution in [2.75, 3.05) is 7.11 Å². The number of hydrogen-bond donors (Lipinski definition) is 0. The molecule has 4 fully saturated rings. The fraction of sp³-hybridized carbons (Fsp3) is 0.848. The van der Waals surface area contributed by atoms with Crippen molar-refractivity contribution in [3.63, 3.8) is 0 Å². The number of fused-ring (bicyclic) bond motifs is 6. The summed E-state index contributed by atoms with van der Waals surface area (Å²) in [5.41, 5.74) is 0.905. The molecule has 5 aliphatic rings. The molecule has 0 radical (unpaired) electrons. The van der Waals surface area contributed by atoms with E-state index in [-0.39, 0.29) is 45.5 Å². The minimum atomic E-state index is -0.773. The quantitative estimate of drug-likeness (QED) is 0.355. The Morgan fingerprint density at radius 3 is 2.11 bits per heavy atom. The molecule has 0 amide bonds. The van der Waals surface area contributed by atoms with Crippen molar-refractivity contribution in [3.8, 4) is 0 Å². The molecule has 0 saturated heterocycles. The minimum absolute atomic E-state index is 0.0308. The van der Waals surface area contributed by atoms with Crippen LogP contribution in [0.3, 0.4) is 0 Å². The van der Waals surface area contributed by atoms with Gasteiger partial charge in [0, 0.05) is 23.3 Å². The van der Waals surface area contributed by atoms with Crippen LogP contribution < -0.4 is 0 Å². The van der Waals surface area contributed by atoms with Gasteiger partial charge in [-0.3, -0.25) is 14.4 Å². The normalized spacial score (nSPS) is 45.2. The van der Waals surface area contributed by atoms with Crippen LogP contribution in [-0.2, 0) is 23.9 Å². The summed E-state index contributed by atoms with van der Waals surface area (Å²) in [4.78, 5) is 39.5. The molecule has 0 spiro atoms. The molecular formula is C33H50O5. The van der Waals surface area contributed by atoms with Crippen LogP contribution in [0, 0.1) is 44.3 Å². The van der Waals surface area contributed by atoms with Gasteiger partial charge in [0.05, 0.1) is 12.5 Å². The number of hydrogen-bond acceptors (Lipinski definition) is 5. The van der Waals surface area contributed by atoms with Crippen molar-refractivity contribution >= 4 is 17.7 Å². The van der Waals surface area contributed by atoms with E-state index in [0.29, 0.717) is 24.7 Å². The number of carbonyl (C=O) groups is 3. The maximum absolute atomic E-state index is 14.2. The van der Waals surface area contributed by atoms with Gasteiger partial charge in [-0.2, -0.15) is 0 Å². The Balaban J connectivity index is 1.60. The Labute approximate surface area is 229 Å². The van der Waals surface area contributed by atoms with Gasteiger partial charge in [0.25, 0.3) is 0 Å². The molecule has 38 heavy (non-hydrogen) atoms. The number of carbonyl (C=O) groups excluding carboxylic acids is 3. The lowest BCUT2D eigenvalue weighted by Gasteiger charge is -2.70. The van der Waals surface area contributed by atoms with E-state index in [0.717, 1.165) is 56.9 Å². The molecule has 5 nitrogen and oxygen atoms in total. The van der Waals surface area contributed by atoms with E-state index in [1.54, 1.807) is 0 Å². The Morgan fingerprint density at radius 2 is 1.47 bits per heavy atom. The number of methoxy groups -OCH3 is 1. The fourth-order valence-corrected chi connectivity index (χ4v) is 11.0. The van der Waals surface area contributed by atoms with Crippen molar-refractivity contribution in [1.82, 2.24) is 0 Å². The molecule has 0 aliphatic heterocycles. The van der Waals surface area contributed by atoms with E-state index >= 15 is 0 Å². The number of rotatable bonds is 2. The molecule has 0 N–H and O–H groups in total. The fourth-order valence-electron chi connectivity index (χ4n) is 11.0. The van der Waals surface area contributed by atoms with Crippen LogP contribution >= 0.6 is 0 Å². The molecule has 4 saturated carbocycles. The standard InChI is InChI=1S/C33H50O5/c1-20(34)38-24-13-14-30(6)22(29(24,4)5)12-15-32(8)23(30)11-10-21-25-26(35)28(2,3)16-18-33(25,27(36)37-9)19-17-31(21,32)7/h22-24H,10-19H2,1-9H3. The number of allylic oxidation sites excluding steroid dienone is 1. The average Bonchev–Trinajstić information content (AvgIpc) is 2.83. The van der Waals surface area contributed by atoms with Crippen LogP contribution in [0.15, 0.2) is 11.1 Å². The topological polar surface area (TPSA) is 69.7 Å². The van der Waals surface area contributed by atoms with Crippen LogP contribution in [0.1, 0.15) is 120 Å². The lowest BCUT2D eigenvalue weighted by molar-refractivity contribution is -0.213. The Morgan fingerprint density at radius 1 is 0.816 bits per heavy atom. The molecule has 0 aromatic rings. The summed E-state index contributed by atoms with van der Waals surface area (Å²) < 4.78 is 11.3. The largest absolute Gasteiger partial charge is 0.468 e. The van der Waals surface area contributed by atoms with Gasteiger partial charge in [0.15, 0.2) is 5.78 Å². The molecule has 0 aromatic carbocycles. The Hall–Kier alpha value is -1.65. The number of ketones is 1. The predicted molar refractivity (Wildman–Crippen MR) is 147 cm³/mol. The summed E-state index contributed by atoms with van der Waals surface area (Å²) in [6, 6.07) is 0. The van der Waals surface area contributed by atoms with Crippen LogP contribution in [0.5, 0.6) is 0 Å². The second-order valence-corrected chi connectivity index (χ2v) is 15.5. The SMILES string of the molecule is COC(=O)C12CCC(C)(C)C(=O)C1=C1CCC3C4(C)CCC(OC(C)=O)C(C)(C)C4CCC3(C)C1(C)CC2. The van der Waals surface area contributed by atoms with Gasteiger partial charge in [0.2, 0.25) is 0 Å². The molecule has 5 rings (SSSR count). The van der Waals surface area contributed by atoms with Crippen LogP contribution in [0.2, 0.25) is 0 Å². The summed E-state index contributed by atoms with van der Waals surface area (Å²) in [7, 11) is 1.48. The van der Waals surface area contributed by atoms with Gasteiger partial charge < -0.3 is 9.47 Å². The molecule has 212 valence electrons. The predicted octanol–water partition coefficient (Wildman–Crippen LogP) is 7.22. The van der Waals surface area contributed by atoms with Gasteiger partial charge in [-0.05, 0) is 92.3 Å². The highest BCUT2D eigenvalue weighted by Gasteiger charge is 2.69. The van der Waals surface area contributed by atoms with Crippen molar-refractivity contribution in [2.45, 2.75) is 126 Å².